The molecule has 8 nitrogen and oxygen atoms in total. The van der Waals surface area contributed by atoms with Crippen molar-refractivity contribution in [3.05, 3.63) is 69.3 Å². The first-order valence-corrected chi connectivity index (χ1v) is 11.0. The molecule has 168 valence electrons. The van der Waals surface area contributed by atoms with E-state index in [0.717, 1.165) is 19.5 Å². The van der Waals surface area contributed by atoms with Gasteiger partial charge in [-0.25, -0.2) is 0 Å². The minimum absolute atomic E-state index is 0.00150. The lowest BCUT2D eigenvalue weighted by molar-refractivity contribution is -0.385. The van der Waals surface area contributed by atoms with E-state index in [2.05, 4.69) is 30.0 Å². The van der Waals surface area contributed by atoms with Crippen molar-refractivity contribution >= 4 is 23.2 Å². The molecule has 2 amide bonds. The van der Waals surface area contributed by atoms with Gasteiger partial charge in [0.1, 0.15) is 6.04 Å². The number of likely N-dealkylation sites (tertiary alicyclic amines) is 1. The lowest BCUT2D eigenvalue weighted by atomic mass is 10.1. The highest BCUT2D eigenvalue weighted by molar-refractivity contribution is 5.98. The van der Waals surface area contributed by atoms with Gasteiger partial charge in [-0.15, -0.1) is 0 Å². The predicted molar refractivity (Wildman–Crippen MR) is 122 cm³/mol. The van der Waals surface area contributed by atoms with E-state index in [1.54, 1.807) is 17.9 Å². The van der Waals surface area contributed by atoms with E-state index in [9.17, 15) is 19.7 Å². The van der Waals surface area contributed by atoms with Gasteiger partial charge in [0, 0.05) is 55.6 Å². The Labute approximate surface area is 187 Å². The molecule has 8 heteroatoms. The molecule has 0 radical (unpaired) electrons. The number of aryl methyl sites for hydroxylation is 2. The van der Waals surface area contributed by atoms with Gasteiger partial charge < -0.3 is 14.7 Å². The standard InChI is InChI=1S/C24H28N4O4/c1-17-5-3-6-20(15-17)25-11-13-26(14-12-25)24(30)22-7-4-10-27(22)23(29)19-8-9-21(28(31)32)18(2)16-19/h3,5-6,8-9,15-16,22H,4,7,10-14H2,1-2H3. The lowest BCUT2D eigenvalue weighted by Crippen LogP contribution is -2.54. The molecule has 4 rings (SSSR count). The quantitative estimate of drug-likeness (QED) is 0.543. The maximum Gasteiger partial charge on any atom is 0.272 e. The van der Waals surface area contributed by atoms with E-state index >= 15 is 0 Å². The van der Waals surface area contributed by atoms with Crippen LogP contribution in [0.1, 0.15) is 34.3 Å². The van der Waals surface area contributed by atoms with Crippen molar-refractivity contribution in [2.45, 2.75) is 32.7 Å². The van der Waals surface area contributed by atoms with Crippen LogP contribution >= 0.6 is 0 Å². The summed E-state index contributed by atoms with van der Waals surface area (Å²) in [5.41, 5.74) is 3.19. The van der Waals surface area contributed by atoms with Gasteiger partial charge in [-0.05, 0) is 56.5 Å². The van der Waals surface area contributed by atoms with Gasteiger partial charge in [-0.3, -0.25) is 19.7 Å². The van der Waals surface area contributed by atoms with Gasteiger partial charge in [0.15, 0.2) is 0 Å². The van der Waals surface area contributed by atoms with Crippen LogP contribution in [0.5, 0.6) is 0 Å². The number of hydrogen-bond acceptors (Lipinski definition) is 5. The van der Waals surface area contributed by atoms with E-state index in [1.807, 2.05) is 11.0 Å². The molecule has 2 aliphatic heterocycles. The van der Waals surface area contributed by atoms with E-state index in [0.29, 0.717) is 37.2 Å². The minimum atomic E-state index is -0.469. The summed E-state index contributed by atoms with van der Waals surface area (Å²) in [4.78, 5) is 42.8. The Bertz CT molecular complexity index is 1050. The zero-order valence-corrected chi connectivity index (χ0v) is 18.5. The molecule has 2 saturated heterocycles. The largest absolute Gasteiger partial charge is 0.368 e. The van der Waals surface area contributed by atoms with E-state index in [4.69, 9.17) is 0 Å². The molecule has 32 heavy (non-hydrogen) atoms. The summed E-state index contributed by atoms with van der Waals surface area (Å²) in [5.74, 6) is -0.240. The first-order valence-electron chi connectivity index (χ1n) is 11.0. The maximum absolute atomic E-state index is 13.3. The van der Waals surface area contributed by atoms with Crippen LogP contribution in [0.4, 0.5) is 11.4 Å². The molecule has 0 bridgehead atoms. The van der Waals surface area contributed by atoms with Crippen molar-refractivity contribution in [2.75, 3.05) is 37.6 Å². The number of piperazine rings is 1. The highest BCUT2D eigenvalue weighted by Gasteiger charge is 2.38. The van der Waals surface area contributed by atoms with Crippen LogP contribution < -0.4 is 4.90 Å². The molecule has 0 saturated carbocycles. The fraction of sp³-hybridized carbons (Fsp3) is 0.417. The molecule has 0 N–H and O–H groups in total. The van der Waals surface area contributed by atoms with Gasteiger partial charge in [0.25, 0.3) is 11.6 Å². The van der Waals surface area contributed by atoms with Crippen LogP contribution in [0.3, 0.4) is 0 Å². The summed E-state index contributed by atoms with van der Waals surface area (Å²) in [6.07, 6.45) is 1.42. The summed E-state index contributed by atoms with van der Waals surface area (Å²) >= 11 is 0. The summed E-state index contributed by atoms with van der Waals surface area (Å²) in [5, 5.41) is 11.1. The fourth-order valence-electron chi connectivity index (χ4n) is 4.65. The zero-order chi connectivity index (χ0) is 22.8. The normalized spacial score (nSPS) is 18.7. The summed E-state index contributed by atoms with van der Waals surface area (Å²) < 4.78 is 0. The van der Waals surface area contributed by atoms with Crippen LogP contribution in [0, 0.1) is 24.0 Å². The van der Waals surface area contributed by atoms with Crippen LogP contribution in [0.2, 0.25) is 0 Å². The summed E-state index contributed by atoms with van der Waals surface area (Å²) in [6, 6.07) is 12.3. The van der Waals surface area contributed by atoms with E-state index < -0.39 is 11.0 Å². The molecule has 2 aliphatic rings. The molecular formula is C24H28N4O4. The Morgan fingerprint density at radius 2 is 1.75 bits per heavy atom. The van der Waals surface area contributed by atoms with Crippen molar-refractivity contribution in [1.29, 1.82) is 0 Å². The number of carbonyl (C=O) groups is 2. The first-order chi connectivity index (χ1) is 15.3. The Kier molecular flexibility index (Phi) is 6.12. The van der Waals surface area contributed by atoms with Crippen LogP contribution in [0.25, 0.3) is 0 Å². The number of rotatable bonds is 4. The SMILES string of the molecule is Cc1cccc(N2CCN(C(=O)C3CCCN3C(=O)c3ccc([N+](=O)[O-])c(C)c3)CC2)c1. The summed E-state index contributed by atoms with van der Waals surface area (Å²) in [7, 11) is 0. The third kappa shape index (κ3) is 4.30. The predicted octanol–water partition coefficient (Wildman–Crippen LogP) is 3.17. The average molecular weight is 437 g/mol. The van der Waals surface area contributed by atoms with Crippen molar-refractivity contribution in [2.24, 2.45) is 0 Å². The molecular weight excluding hydrogens is 408 g/mol. The van der Waals surface area contributed by atoms with Gasteiger partial charge in [-0.1, -0.05) is 12.1 Å². The molecule has 2 aromatic rings. The number of anilines is 1. The number of nitro groups is 1. The smallest absolute Gasteiger partial charge is 0.272 e. The number of nitro benzene ring substituents is 1. The van der Waals surface area contributed by atoms with E-state index in [1.165, 1.54) is 23.4 Å². The number of hydrogen-bond donors (Lipinski definition) is 0. The second-order valence-corrected chi connectivity index (χ2v) is 8.57. The number of benzene rings is 2. The highest BCUT2D eigenvalue weighted by atomic mass is 16.6. The van der Waals surface area contributed by atoms with E-state index in [-0.39, 0.29) is 17.5 Å². The fourth-order valence-corrected chi connectivity index (χ4v) is 4.65. The van der Waals surface area contributed by atoms with Crippen molar-refractivity contribution in [1.82, 2.24) is 9.80 Å². The van der Waals surface area contributed by atoms with Crippen LogP contribution in [-0.2, 0) is 4.79 Å². The number of nitrogens with zero attached hydrogens (tertiary/aromatic N) is 4. The van der Waals surface area contributed by atoms with Gasteiger partial charge in [0.2, 0.25) is 5.91 Å². The van der Waals surface area contributed by atoms with Gasteiger partial charge >= 0.3 is 0 Å². The average Bonchev–Trinajstić information content (AvgIpc) is 3.28. The third-order valence-electron chi connectivity index (χ3n) is 6.40. The molecule has 1 unspecified atom stereocenters. The monoisotopic (exact) mass is 436 g/mol. The second kappa shape index (κ2) is 8.98. The Balaban J connectivity index is 1.42. The molecule has 2 heterocycles. The molecule has 2 fully saturated rings. The molecule has 0 aromatic heterocycles. The first kappa shape index (κ1) is 21.8. The molecule has 2 aromatic carbocycles. The van der Waals surface area contributed by atoms with Crippen LogP contribution in [0.15, 0.2) is 42.5 Å². The minimum Gasteiger partial charge on any atom is -0.368 e. The topological polar surface area (TPSA) is 87.0 Å². The zero-order valence-electron chi connectivity index (χ0n) is 18.5. The maximum atomic E-state index is 13.3. The number of carbonyl (C=O) groups excluding carboxylic acids is 2. The van der Waals surface area contributed by atoms with Gasteiger partial charge in [-0.2, -0.15) is 0 Å². The third-order valence-corrected chi connectivity index (χ3v) is 6.40. The van der Waals surface area contributed by atoms with Crippen molar-refractivity contribution < 1.29 is 14.5 Å². The lowest BCUT2D eigenvalue weighted by Gasteiger charge is -2.38. The highest BCUT2D eigenvalue weighted by Crippen LogP contribution is 2.26. The Hall–Kier alpha value is -3.42. The van der Waals surface area contributed by atoms with Gasteiger partial charge in [0.05, 0.1) is 4.92 Å². The molecule has 0 spiro atoms. The molecule has 0 aliphatic carbocycles. The van der Waals surface area contributed by atoms with Crippen molar-refractivity contribution in [3.8, 4) is 0 Å². The number of amides is 2. The van der Waals surface area contributed by atoms with Crippen molar-refractivity contribution in [3.63, 3.8) is 0 Å². The van der Waals surface area contributed by atoms with Crippen LogP contribution in [-0.4, -0.2) is 65.3 Å². The Morgan fingerprint density at radius 3 is 2.41 bits per heavy atom. The summed E-state index contributed by atoms with van der Waals surface area (Å²) in [6.45, 7) is 6.99. The Morgan fingerprint density at radius 1 is 1.00 bits per heavy atom. The molecule has 1 atom stereocenters. The second-order valence-electron chi connectivity index (χ2n) is 8.57.